The van der Waals surface area contributed by atoms with Crippen molar-refractivity contribution < 1.29 is 17.7 Å². The van der Waals surface area contributed by atoms with Gasteiger partial charge in [0.25, 0.3) is 6.69 Å². The predicted octanol–water partition coefficient (Wildman–Crippen LogP) is 7.90. The number of hydrogen-bond donors (Lipinski definition) is 0. The molecule has 36 heavy (non-hydrogen) atoms. The van der Waals surface area contributed by atoms with Crippen LogP contribution in [0.2, 0.25) is 59.9 Å². The maximum absolute atomic E-state index is 6.22. The van der Waals surface area contributed by atoms with Gasteiger partial charge < -0.3 is 17.7 Å². The molecule has 0 radical (unpaired) electrons. The second-order valence-electron chi connectivity index (χ2n) is 9.49. The number of hydrogen-bond acceptors (Lipinski definition) is 4. The molecule has 14 heteroatoms. The van der Waals surface area contributed by atoms with E-state index in [-0.39, 0.29) is 0 Å². The van der Waals surface area contributed by atoms with Crippen molar-refractivity contribution in [3.05, 3.63) is 50.6 Å². The molecule has 0 fully saturated rings. The van der Waals surface area contributed by atoms with Gasteiger partial charge in [0.15, 0.2) is 0 Å². The van der Waals surface area contributed by atoms with Gasteiger partial charge in [0.05, 0.1) is 8.07 Å². The Labute approximate surface area is 247 Å². The van der Waals surface area contributed by atoms with Gasteiger partial charge in [-0.1, -0.05) is 30.0 Å². The quantitative estimate of drug-likeness (QED) is 0.0742. The van der Waals surface area contributed by atoms with Crippen LogP contribution >= 0.6 is 44.3 Å². The largest absolute Gasteiger partial charge is 0.398 e. The maximum Gasteiger partial charge on any atom is 0.334 e. The van der Waals surface area contributed by atoms with E-state index in [1.54, 1.807) is 28.4 Å². The Morgan fingerprint density at radius 3 is 1.36 bits per heavy atom. The third-order valence-electron chi connectivity index (χ3n) is 6.33. The van der Waals surface area contributed by atoms with Crippen molar-refractivity contribution in [1.29, 1.82) is 0 Å². The van der Waals surface area contributed by atoms with Crippen LogP contribution in [0.4, 0.5) is 0 Å². The molecule has 0 unspecified atom stereocenters. The fraction of sp³-hybridized carbons (Fsp3) is 0.636. The fourth-order valence-corrected chi connectivity index (χ4v) is 47.7. The Balaban J connectivity index is 0. The average molecular weight is 687 g/mol. The van der Waals surface area contributed by atoms with Crippen molar-refractivity contribution >= 4 is 92.4 Å². The monoisotopic (exact) mass is 684 g/mol. The first kappa shape index (κ1) is 39.4. The van der Waals surface area contributed by atoms with Gasteiger partial charge in [-0.05, 0) is 48.6 Å². The highest BCUT2D eigenvalue weighted by Crippen LogP contribution is 2.35. The van der Waals surface area contributed by atoms with Crippen LogP contribution in [0.25, 0.3) is 0 Å². The molecule has 0 bridgehead atoms. The van der Waals surface area contributed by atoms with E-state index in [0.717, 1.165) is 17.8 Å². The highest BCUT2D eigenvalue weighted by Gasteiger charge is 2.44. The first-order valence-corrected chi connectivity index (χ1v) is 31.1. The highest BCUT2D eigenvalue weighted by atomic mass is 35.7. The van der Waals surface area contributed by atoms with Gasteiger partial charge in [-0.25, -0.2) is 0 Å². The normalized spacial score (nSPS) is 12.8. The van der Waals surface area contributed by atoms with Crippen molar-refractivity contribution in [1.82, 2.24) is 0 Å². The van der Waals surface area contributed by atoms with Gasteiger partial charge in [0.2, 0.25) is 7.42 Å². The third kappa shape index (κ3) is 17.1. The van der Waals surface area contributed by atoms with Crippen molar-refractivity contribution in [3.8, 4) is 0 Å². The van der Waals surface area contributed by atoms with E-state index in [1.807, 2.05) is 6.55 Å². The molecular weight excluding hydrogens is 639 g/mol. The van der Waals surface area contributed by atoms with Crippen molar-refractivity contribution in [2.75, 3.05) is 28.4 Å². The summed E-state index contributed by atoms with van der Waals surface area (Å²) in [7, 11) is -1.68. The van der Waals surface area contributed by atoms with Crippen molar-refractivity contribution in [2.24, 2.45) is 0 Å². The molecule has 0 aliphatic heterocycles. The highest BCUT2D eigenvalue weighted by molar-refractivity contribution is 7.53. The minimum atomic E-state index is -2.39. The summed E-state index contributed by atoms with van der Waals surface area (Å²) in [6.45, 7) is 17.6. The lowest BCUT2D eigenvalue weighted by Crippen LogP contribution is -2.50. The molecule has 0 heterocycles. The lowest BCUT2D eigenvalue weighted by molar-refractivity contribution is 0.254. The second-order valence-corrected chi connectivity index (χ2v) is 39.5. The van der Waals surface area contributed by atoms with Gasteiger partial charge in [-0.3, -0.25) is 0 Å². The molecular formula is C22H48Cl4O4Si6. The maximum atomic E-state index is 6.22. The molecule has 0 N–H and O–H groups in total. The van der Waals surface area contributed by atoms with Crippen LogP contribution in [-0.2, 0) is 17.7 Å². The SMILES string of the molecule is C=CC[SiH](CC=C)C[Si](CC=C)(CC=C)C[Si](C)(OC)OC.CO[Si](C)(C[Si](Cl)(Cl)C[SiH](Cl)Cl)OC. The summed E-state index contributed by atoms with van der Waals surface area (Å²) in [6, 6.07) is 4.58. The van der Waals surface area contributed by atoms with Gasteiger partial charge in [0.1, 0.15) is 0 Å². The Kier molecular flexibility index (Phi) is 22.1. The Morgan fingerprint density at radius 1 is 0.667 bits per heavy atom. The summed E-state index contributed by atoms with van der Waals surface area (Å²) in [5, 5.41) is 0. The molecule has 0 aromatic heterocycles. The van der Waals surface area contributed by atoms with Gasteiger partial charge in [-0.2, -0.15) is 22.2 Å². The van der Waals surface area contributed by atoms with E-state index in [0.29, 0.717) is 11.3 Å². The molecule has 0 saturated carbocycles. The molecule has 0 atom stereocenters. The van der Waals surface area contributed by atoms with E-state index in [4.69, 9.17) is 62.0 Å². The zero-order chi connectivity index (χ0) is 28.5. The van der Waals surface area contributed by atoms with Crippen LogP contribution in [0.15, 0.2) is 50.6 Å². The first-order chi connectivity index (χ1) is 16.7. The molecule has 0 spiro atoms. The number of rotatable bonds is 20. The van der Waals surface area contributed by atoms with Crippen LogP contribution in [0, 0.1) is 0 Å². The Hall–Kier alpha value is 1.26. The van der Waals surface area contributed by atoms with Crippen LogP contribution in [0.5, 0.6) is 0 Å². The van der Waals surface area contributed by atoms with E-state index < -0.39 is 48.1 Å². The van der Waals surface area contributed by atoms with Crippen LogP contribution < -0.4 is 0 Å². The molecule has 212 valence electrons. The smallest absolute Gasteiger partial charge is 0.334 e. The zero-order valence-corrected chi connectivity index (χ0v) is 32.4. The molecule has 0 aliphatic carbocycles. The minimum absolute atomic E-state index is 0.564. The molecule has 0 amide bonds. The van der Waals surface area contributed by atoms with E-state index in [1.165, 1.54) is 17.8 Å². The summed E-state index contributed by atoms with van der Waals surface area (Å²) in [4.78, 5) is 0. The van der Waals surface area contributed by atoms with Crippen molar-refractivity contribution in [2.45, 2.75) is 59.9 Å². The average Bonchev–Trinajstić information content (AvgIpc) is 2.78. The summed E-state index contributed by atoms with van der Waals surface area (Å²) >= 11 is 24.0. The van der Waals surface area contributed by atoms with Crippen molar-refractivity contribution in [3.63, 3.8) is 0 Å². The van der Waals surface area contributed by atoms with Gasteiger partial charge >= 0.3 is 17.1 Å². The summed E-state index contributed by atoms with van der Waals surface area (Å²) in [5.41, 5.74) is 3.63. The van der Waals surface area contributed by atoms with E-state index in [9.17, 15) is 0 Å². The Bertz CT molecular complexity index is 630. The molecule has 0 aliphatic rings. The minimum Gasteiger partial charge on any atom is -0.398 e. The summed E-state index contributed by atoms with van der Waals surface area (Å²) in [6.07, 6.45) is 8.38. The van der Waals surface area contributed by atoms with Crippen LogP contribution in [-0.4, -0.2) is 76.5 Å². The molecule has 4 nitrogen and oxygen atoms in total. The fourth-order valence-electron chi connectivity index (χ4n) is 4.33. The van der Waals surface area contributed by atoms with E-state index in [2.05, 4.69) is 57.2 Å². The molecule has 0 aromatic carbocycles. The molecule has 0 aromatic rings. The summed E-state index contributed by atoms with van der Waals surface area (Å²) in [5.74, 6) is 0. The second kappa shape index (κ2) is 20.2. The first-order valence-electron chi connectivity index (χ1n) is 12.0. The number of halogens is 4. The van der Waals surface area contributed by atoms with Crippen LogP contribution in [0.1, 0.15) is 0 Å². The molecule has 0 rings (SSSR count). The van der Waals surface area contributed by atoms with Crippen LogP contribution in [0.3, 0.4) is 0 Å². The standard InChI is InChI=1S/C17H34O2Si3.C5H14Cl4O2Si3/c1-8-12-20(13-9-2)16-22(14-10-3,15-11-4)17-21(7,18-5)19-6;1-10-13(3,11-2)5-14(8,9)4-12(6)7/h8-11,20H,1-4,12-17H2,5-7H3;12H,4-5H2,1-3H3. The van der Waals surface area contributed by atoms with E-state index >= 15 is 0 Å². The summed E-state index contributed by atoms with van der Waals surface area (Å²) < 4.78 is 22.2. The third-order valence-corrected chi connectivity index (χ3v) is 41.7. The van der Waals surface area contributed by atoms with Gasteiger partial charge in [-0.15, -0.1) is 48.5 Å². The predicted molar refractivity (Wildman–Crippen MR) is 180 cm³/mol. The molecule has 0 saturated heterocycles. The zero-order valence-electron chi connectivity index (χ0n) is 23.1. The lowest BCUT2D eigenvalue weighted by atomic mass is 10.7. The topological polar surface area (TPSA) is 36.9 Å². The number of allylic oxidation sites excluding steroid dienone is 4. The Morgan fingerprint density at radius 2 is 1.06 bits per heavy atom. The lowest BCUT2D eigenvalue weighted by Gasteiger charge is -2.38. The van der Waals surface area contributed by atoms with Gasteiger partial charge in [0, 0.05) is 42.9 Å².